The summed E-state index contributed by atoms with van der Waals surface area (Å²) in [5.41, 5.74) is 5.53. The number of nitrogens with zero attached hydrogens (tertiary/aromatic N) is 2. The Balaban J connectivity index is 1.66. The van der Waals surface area contributed by atoms with Crippen LogP contribution < -0.4 is 5.32 Å². The Bertz CT molecular complexity index is 1280. The lowest BCUT2D eigenvalue weighted by Gasteiger charge is -2.10. The third-order valence-corrected chi connectivity index (χ3v) is 6.36. The van der Waals surface area contributed by atoms with Gasteiger partial charge < -0.3 is 9.88 Å². The molecule has 0 saturated carbocycles. The molecule has 0 unspecified atom stereocenters. The Morgan fingerprint density at radius 1 is 1.03 bits per heavy atom. The minimum atomic E-state index is -0.116. The number of benzene rings is 3. The van der Waals surface area contributed by atoms with E-state index in [1.54, 1.807) is 6.07 Å². The first kappa shape index (κ1) is 22.4. The van der Waals surface area contributed by atoms with Crippen LogP contribution in [0.15, 0.2) is 60.7 Å². The Labute approximate surface area is 198 Å². The summed E-state index contributed by atoms with van der Waals surface area (Å²) in [5, 5.41) is 4.02. The lowest BCUT2D eigenvalue weighted by molar-refractivity contribution is 0.0951. The molecule has 1 N–H and O–H groups in total. The molecule has 6 heteroatoms. The van der Waals surface area contributed by atoms with Crippen molar-refractivity contribution in [2.45, 2.75) is 39.8 Å². The standard InChI is InChI=1S/C26H25Cl2N3O/c1-3-4-13-31-24-12-10-19(26(32)29-16-20-8-6-5-7-17(20)2)15-23(24)30-25(31)18-9-11-21(27)22(28)14-18/h5-12,14-15H,3-4,13,16H2,1-2H3,(H,29,32). The molecule has 4 nitrogen and oxygen atoms in total. The fourth-order valence-corrected chi connectivity index (χ4v) is 4.05. The fraction of sp³-hybridized carbons (Fsp3) is 0.231. The van der Waals surface area contributed by atoms with Gasteiger partial charge in [0, 0.05) is 24.2 Å². The van der Waals surface area contributed by atoms with Gasteiger partial charge in [-0.25, -0.2) is 4.98 Å². The Morgan fingerprint density at radius 2 is 1.84 bits per heavy atom. The van der Waals surface area contributed by atoms with Gasteiger partial charge in [0.1, 0.15) is 5.82 Å². The molecule has 164 valence electrons. The highest BCUT2D eigenvalue weighted by Crippen LogP contribution is 2.31. The predicted molar refractivity (Wildman–Crippen MR) is 132 cm³/mol. The fourth-order valence-electron chi connectivity index (χ4n) is 3.76. The van der Waals surface area contributed by atoms with Gasteiger partial charge >= 0.3 is 0 Å². The van der Waals surface area contributed by atoms with Crippen LogP contribution in [0.4, 0.5) is 0 Å². The third kappa shape index (κ3) is 4.67. The van der Waals surface area contributed by atoms with Crippen LogP contribution in [0, 0.1) is 6.92 Å². The molecule has 4 aromatic rings. The number of hydrogen-bond acceptors (Lipinski definition) is 2. The summed E-state index contributed by atoms with van der Waals surface area (Å²) in [7, 11) is 0. The van der Waals surface area contributed by atoms with Crippen LogP contribution in [-0.2, 0) is 13.1 Å². The van der Waals surface area contributed by atoms with Crippen LogP contribution in [0.2, 0.25) is 10.0 Å². The van der Waals surface area contributed by atoms with E-state index in [1.807, 2.05) is 61.5 Å². The van der Waals surface area contributed by atoms with Crippen LogP contribution in [0.1, 0.15) is 41.3 Å². The van der Waals surface area contributed by atoms with Crippen LogP contribution in [0.25, 0.3) is 22.4 Å². The number of aromatic nitrogens is 2. The molecule has 0 aliphatic carbocycles. The molecule has 0 radical (unpaired) electrons. The largest absolute Gasteiger partial charge is 0.348 e. The van der Waals surface area contributed by atoms with E-state index in [9.17, 15) is 4.79 Å². The summed E-state index contributed by atoms with van der Waals surface area (Å²) in [6.45, 7) is 5.53. The number of carbonyl (C=O) groups is 1. The summed E-state index contributed by atoms with van der Waals surface area (Å²) in [6.07, 6.45) is 2.10. The number of fused-ring (bicyclic) bond motifs is 1. The van der Waals surface area contributed by atoms with Crippen molar-refractivity contribution in [3.05, 3.63) is 87.4 Å². The number of carbonyl (C=O) groups excluding carboxylic acids is 1. The number of aryl methyl sites for hydroxylation is 2. The number of amides is 1. The van der Waals surface area contributed by atoms with Crippen LogP contribution in [0.3, 0.4) is 0 Å². The number of hydrogen-bond donors (Lipinski definition) is 1. The second-order valence-corrected chi connectivity index (χ2v) is 8.70. The molecule has 4 rings (SSSR count). The van der Waals surface area contributed by atoms with E-state index in [-0.39, 0.29) is 5.91 Å². The average molecular weight is 466 g/mol. The van der Waals surface area contributed by atoms with Gasteiger partial charge in [0.05, 0.1) is 21.1 Å². The van der Waals surface area contributed by atoms with E-state index in [4.69, 9.17) is 28.2 Å². The van der Waals surface area contributed by atoms with Crippen molar-refractivity contribution < 1.29 is 4.79 Å². The van der Waals surface area contributed by atoms with Crippen molar-refractivity contribution >= 4 is 40.1 Å². The van der Waals surface area contributed by atoms with Gasteiger partial charge in [-0.05, 0) is 60.9 Å². The first-order valence-corrected chi connectivity index (χ1v) is 11.5. The lowest BCUT2D eigenvalue weighted by Crippen LogP contribution is -2.23. The number of nitrogens with one attached hydrogen (secondary N) is 1. The van der Waals surface area contributed by atoms with Gasteiger partial charge in [0.2, 0.25) is 0 Å². The zero-order valence-electron chi connectivity index (χ0n) is 18.2. The molecule has 1 amide bonds. The van der Waals surface area contributed by atoms with Gasteiger partial charge in [0.15, 0.2) is 0 Å². The molecule has 32 heavy (non-hydrogen) atoms. The number of halogens is 2. The zero-order valence-corrected chi connectivity index (χ0v) is 19.7. The molecule has 0 aliphatic rings. The highest BCUT2D eigenvalue weighted by atomic mass is 35.5. The van der Waals surface area contributed by atoms with Crippen molar-refractivity contribution in [3.63, 3.8) is 0 Å². The zero-order chi connectivity index (χ0) is 22.7. The number of imidazole rings is 1. The Morgan fingerprint density at radius 3 is 2.59 bits per heavy atom. The van der Waals surface area contributed by atoms with E-state index in [1.165, 1.54) is 0 Å². The van der Waals surface area contributed by atoms with Gasteiger partial charge in [-0.3, -0.25) is 4.79 Å². The van der Waals surface area contributed by atoms with E-state index in [2.05, 4.69) is 16.8 Å². The van der Waals surface area contributed by atoms with Crippen molar-refractivity contribution in [1.82, 2.24) is 14.9 Å². The minimum Gasteiger partial charge on any atom is -0.348 e. The van der Waals surface area contributed by atoms with Crippen LogP contribution >= 0.6 is 23.2 Å². The molecule has 1 heterocycles. The first-order valence-electron chi connectivity index (χ1n) is 10.8. The first-order chi connectivity index (χ1) is 15.5. The smallest absolute Gasteiger partial charge is 0.251 e. The molecule has 3 aromatic carbocycles. The molecule has 0 bridgehead atoms. The van der Waals surface area contributed by atoms with Crippen molar-refractivity contribution in [2.24, 2.45) is 0 Å². The predicted octanol–water partition coefficient (Wildman–Crippen LogP) is 7.05. The second kappa shape index (κ2) is 9.76. The van der Waals surface area contributed by atoms with Gasteiger partial charge in [-0.2, -0.15) is 0 Å². The maximum atomic E-state index is 12.8. The van der Waals surface area contributed by atoms with E-state index < -0.39 is 0 Å². The summed E-state index contributed by atoms with van der Waals surface area (Å²) in [6, 6.07) is 19.3. The molecule has 0 atom stereocenters. The summed E-state index contributed by atoms with van der Waals surface area (Å²) in [5.74, 6) is 0.707. The molecule has 1 aromatic heterocycles. The third-order valence-electron chi connectivity index (χ3n) is 5.62. The van der Waals surface area contributed by atoms with Crippen LogP contribution in [-0.4, -0.2) is 15.5 Å². The lowest BCUT2D eigenvalue weighted by atomic mass is 10.1. The maximum Gasteiger partial charge on any atom is 0.251 e. The molecule has 0 spiro atoms. The van der Waals surface area contributed by atoms with E-state index in [0.29, 0.717) is 22.2 Å². The van der Waals surface area contributed by atoms with Crippen molar-refractivity contribution in [2.75, 3.05) is 0 Å². The maximum absolute atomic E-state index is 12.8. The number of unbranched alkanes of at least 4 members (excludes halogenated alkanes) is 1. The van der Waals surface area contributed by atoms with Crippen molar-refractivity contribution in [1.29, 1.82) is 0 Å². The highest BCUT2D eigenvalue weighted by molar-refractivity contribution is 6.42. The van der Waals surface area contributed by atoms with Gasteiger partial charge in [-0.15, -0.1) is 0 Å². The van der Waals surface area contributed by atoms with Crippen molar-refractivity contribution in [3.8, 4) is 11.4 Å². The SMILES string of the molecule is CCCCn1c(-c2ccc(Cl)c(Cl)c2)nc2cc(C(=O)NCc3ccccc3C)ccc21. The minimum absolute atomic E-state index is 0.116. The summed E-state index contributed by atoms with van der Waals surface area (Å²) >= 11 is 12.4. The molecule has 0 saturated heterocycles. The van der Waals surface area contributed by atoms with Gasteiger partial charge in [0.25, 0.3) is 5.91 Å². The molecular formula is C26H25Cl2N3O. The second-order valence-electron chi connectivity index (χ2n) is 7.88. The Kier molecular flexibility index (Phi) is 6.83. The summed E-state index contributed by atoms with van der Waals surface area (Å²) in [4.78, 5) is 17.7. The number of rotatable bonds is 7. The van der Waals surface area contributed by atoms with E-state index >= 15 is 0 Å². The monoisotopic (exact) mass is 465 g/mol. The molecular weight excluding hydrogens is 441 g/mol. The average Bonchev–Trinajstić information content (AvgIpc) is 3.16. The molecule has 0 fully saturated rings. The quantitative estimate of drug-likeness (QED) is 0.317. The topological polar surface area (TPSA) is 46.9 Å². The van der Waals surface area contributed by atoms with E-state index in [0.717, 1.165) is 52.9 Å². The highest BCUT2D eigenvalue weighted by Gasteiger charge is 2.16. The van der Waals surface area contributed by atoms with Gasteiger partial charge in [-0.1, -0.05) is 60.8 Å². The van der Waals surface area contributed by atoms with Crippen LogP contribution in [0.5, 0.6) is 0 Å². The normalized spacial score (nSPS) is 11.1. The summed E-state index contributed by atoms with van der Waals surface area (Å²) < 4.78 is 2.19. The molecule has 0 aliphatic heterocycles. The Hall–Kier alpha value is -2.82.